The average molecular weight is 247 g/mol. The van der Waals surface area contributed by atoms with Crippen LogP contribution in [0, 0.1) is 0 Å². The van der Waals surface area contributed by atoms with Gasteiger partial charge in [0.2, 0.25) is 5.91 Å². The molecule has 2 rings (SSSR count). The number of rotatable bonds is 2. The summed E-state index contributed by atoms with van der Waals surface area (Å²) < 4.78 is 0. The highest BCUT2D eigenvalue weighted by Crippen LogP contribution is 2.30. The number of carbonyl (C=O) groups excluding carboxylic acids is 1. The lowest BCUT2D eigenvalue weighted by Gasteiger charge is -2.30. The van der Waals surface area contributed by atoms with Gasteiger partial charge in [0.25, 0.3) is 0 Å². The highest BCUT2D eigenvalue weighted by atomic mass is 16.2. The number of benzene rings is 1. The third kappa shape index (κ3) is 2.26. The molecule has 4 N–H and O–H groups in total. The lowest BCUT2D eigenvalue weighted by molar-refractivity contribution is -0.118. The lowest BCUT2D eigenvalue weighted by atomic mass is 9.88. The Labute approximate surface area is 108 Å². The number of nitrogens with zero attached hydrogens (tertiary/aromatic N) is 1. The number of aryl methyl sites for hydroxylation is 1. The zero-order valence-corrected chi connectivity index (χ0v) is 11.2. The molecule has 0 bridgehead atoms. The molecule has 0 fully saturated rings. The third-order valence-corrected chi connectivity index (χ3v) is 3.61. The largest absolute Gasteiger partial charge is 0.324 e. The topological polar surface area (TPSA) is 72.3 Å². The number of hydrogen-bond donors (Lipinski definition) is 2. The second-order valence-electron chi connectivity index (χ2n) is 5.64. The number of fused-ring (bicyclic) bond motifs is 1. The minimum Gasteiger partial charge on any atom is -0.324 e. The van der Waals surface area contributed by atoms with Crippen molar-refractivity contribution < 1.29 is 4.79 Å². The molecule has 0 saturated carbocycles. The minimum absolute atomic E-state index is 0.165. The molecule has 0 radical (unpaired) electrons. The summed E-state index contributed by atoms with van der Waals surface area (Å²) >= 11 is 0. The maximum atomic E-state index is 11.6. The quantitative estimate of drug-likeness (QED) is 0.828. The van der Waals surface area contributed by atoms with Gasteiger partial charge in [0, 0.05) is 30.7 Å². The van der Waals surface area contributed by atoms with Crippen LogP contribution >= 0.6 is 0 Å². The number of amides is 1. The maximum Gasteiger partial charge on any atom is 0.227 e. The van der Waals surface area contributed by atoms with E-state index in [1.165, 1.54) is 5.56 Å². The first kappa shape index (κ1) is 13.1. The van der Waals surface area contributed by atoms with E-state index < -0.39 is 5.54 Å². The molecule has 1 unspecified atom stereocenters. The van der Waals surface area contributed by atoms with Crippen LogP contribution in [0.3, 0.4) is 0 Å². The molecule has 1 amide bonds. The van der Waals surface area contributed by atoms with Gasteiger partial charge in [-0.05, 0) is 37.5 Å². The van der Waals surface area contributed by atoms with E-state index in [1.54, 1.807) is 4.90 Å². The van der Waals surface area contributed by atoms with Gasteiger partial charge in [-0.25, -0.2) is 0 Å². The number of nitrogens with two attached hydrogens (primary N) is 2. The second-order valence-corrected chi connectivity index (χ2v) is 5.64. The zero-order valence-electron chi connectivity index (χ0n) is 11.2. The van der Waals surface area contributed by atoms with Crippen LogP contribution < -0.4 is 16.4 Å². The van der Waals surface area contributed by atoms with Crippen molar-refractivity contribution in [2.75, 3.05) is 11.9 Å². The first-order chi connectivity index (χ1) is 8.30. The summed E-state index contributed by atoms with van der Waals surface area (Å²) in [5.41, 5.74) is 14.9. The molecule has 1 aliphatic rings. The van der Waals surface area contributed by atoms with Crippen LogP contribution in [-0.4, -0.2) is 18.5 Å². The predicted molar refractivity (Wildman–Crippen MR) is 73.4 cm³/mol. The van der Waals surface area contributed by atoms with E-state index in [-0.39, 0.29) is 11.9 Å². The molecule has 18 heavy (non-hydrogen) atoms. The van der Waals surface area contributed by atoms with Gasteiger partial charge in [-0.1, -0.05) is 12.1 Å². The van der Waals surface area contributed by atoms with Gasteiger partial charge in [-0.2, -0.15) is 0 Å². The summed E-state index contributed by atoms with van der Waals surface area (Å²) in [6, 6.07) is 5.81. The Morgan fingerprint density at radius 2 is 2.00 bits per heavy atom. The minimum atomic E-state index is -0.454. The van der Waals surface area contributed by atoms with E-state index in [2.05, 4.69) is 6.07 Å². The van der Waals surface area contributed by atoms with Crippen molar-refractivity contribution in [3.05, 3.63) is 29.3 Å². The van der Waals surface area contributed by atoms with Crippen molar-refractivity contribution in [2.45, 2.75) is 38.3 Å². The lowest BCUT2D eigenvalue weighted by Crippen LogP contribution is -2.43. The Hall–Kier alpha value is -1.39. The average Bonchev–Trinajstić information content (AvgIpc) is 2.31. The smallest absolute Gasteiger partial charge is 0.227 e. The van der Waals surface area contributed by atoms with Crippen LogP contribution in [0.2, 0.25) is 0 Å². The molecule has 0 aliphatic carbocycles. The maximum absolute atomic E-state index is 11.6. The van der Waals surface area contributed by atoms with Crippen molar-refractivity contribution in [3.63, 3.8) is 0 Å². The summed E-state index contributed by atoms with van der Waals surface area (Å²) in [4.78, 5) is 13.3. The van der Waals surface area contributed by atoms with E-state index in [9.17, 15) is 4.79 Å². The first-order valence-electron chi connectivity index (χ1n) is 6.24. The van der Waals surface area contributed by atoms with Gasteiger partial charge in [0.05, 0.1) is 0 Å². The number of carbonyl (C=O) groups is 1. The van der Waals surface area contributed by atoms with Crippen LogP contribution in [-0.2, 0) is 11.2 Å². The van der Waals surface area contributed by atoms with Crippen molar-refractivity contribution >= 4 is 11.6 Å². The molecule has 4 nitrogen and oxygen atoms in total. The third-order valence-electron chi connectivity index (χ3n) is 3.61. The van der Waals surface area contributed by atoms with E-state index in [4.69, 9.17) is 11.5 Å². The Kier molecular flexibility index (Phi) is 3.17. The van der Waals surface area contributed by atoms with Crippen molar-refractivity contribution in [2.24, 2.45) is 11.5 Å². The molecule has 1 aromatic carbocycles. The van der Waals surface area contributed by atoms with Crippen LogP contribution in [0.25, 0.3) is 0 Å². The van der Waals surface area contributed by atoms with Gasteiger partial charge >= 0.3 is 0 Å². The summed E-state index contributed by atoms with van der Waals surface area (Å²) in [7, 11) is 1.81. The molecule has 0 spiro atoms. The van der Waals surface area contributed by atoms with Crippen molar-refractivity contribution in [3.8, 4) is 0 Å². The van der Waals surface area contributed by atoms with Gasteiger partial charge < -0.3 is 16.4 Å². The van der Waals surface area contributed by atoms with Crippen LogP contribution in [0.4, 0.5) is 5.69 Å². The summed E-state index contributed by atoms with van der Waals surface area (Å²) in [6.45, 7) is 3.85. The van der Waals surface area contributed by atoms with Gasteiger partial charge in [0.1, 0.15) is 0 Å². The van der Waals surface area contributed by atoms with Gasteiger partial charge in [0.15, 0.2) is 0 Å². The number of anilines is 1. The molecule has 4 heteroatoms. The predicted octanol–water partition coefficient (Wildman–Crippen LogP) is 1.33. The Morgan fingerprint density at radius 1 is 1.33 bits per heavy atom. The van der Waals surface area contributed by atoms with Gasteiger partial charge in [-0.15, -0.1) is 0 Å². The molecule has 1 aromatic rings. The van der Waals surface area contributed by atoms with Crippen molar-refractivity contribution in [1.82, 2.24) is 0 Å². The fraction of sp³-hybridized carbons (Fsp3) is 0.500. The first-order valence-corrected chi connectivity index (χ1v) is 6.24. The van der Waals surface area contributed by atoms with E-state index >= 15 is 0 Å². The molecule has 0 aromatic heterocycles. The highest BCUT2D eigenvalue weighted by molar-refractivity contribution is 5.95. The second kappa shape index (κ2) is 4.37. The molecular formula is C14H21N3O. The molecule has 1 aliphatic heterocycles. The molecule has 0 saturated heterocycles. The van der Waals surface area contributed by atoms with Crippen LogP contribution in [0.1, 0.15) is 37.4 Å². The Bertz CT molecular complexity index is 476. The van der Waals surface area contributed by atoms with Gasteiger partial charge in [-0.3, -0.25) is 4.79 Å². The SMILES string of the molecule is CN1C(=O)CCc2cc(C(N)C(C)(C)N)ccc21. The Balaban J connectivity index is 2.37. The van der Waals surface area contributed by atoms with Crippen LogP contribution in [0.5, 0.6) is 0 Å². The standard InChI is InChI=1S/C14H21N3O/c1-14(2,16)13(15)10-4-6-11-9(8-10)5-7-12(18)17(11)3/h4,6,8,13H,5,7,15-16H2,1-3H3. The Morgan fingerprint density at radius 3 is 2.61 bits per heavy atom. The molecular weight excluding hydrogens is 226 g/mol. The van der Waals surface area contributed by atoms with E-state index in [1.807, 2.05) is 33.0 Å². The fourth-order valence-electron chi connectivity index (χ4n) is 2.30. The molecule has 98 valence electrons. The summed E-state index contributed by atoms with van der Waals surface area (Å²) in [6.07, 6.45) is 1.35. The van der Waals surface area contributed by atoms with E-state index in [0.29, 0.717) is 6.42 Å². The monoisotopic (exact) mass is 247 g/mol. The van der Waals surface area contributed by atoms with Crippen LogP contribution in [0.15, 0.2) is 18.2 Å². The highest BCUT2D eigenvalue weighted by Gasteiger charge is 2.26. The normalized spacial score (nSPS) is 17.6. The summed E-state index contributed by atoms with van der Waals surface area (Å²) in [5, 5.41) is 0. The molecule has 1 atom stereocenters. The fourth-order valence-corrected chi connectivity index (χ4v) is 2.30. The van der Waals surface area contributed by atoms with E-state index in [0.717, 1.165) is 17.7 Å². The zero-order chi connectivity index (χ0) is 13.5. The molecule has 1 heterocycles. The summed E-state index contributed by atoms with van der Waals surface area (Å²) in [5.74, 6) is 0.165. The number of hydrogen-bond acceptors (Lipinski definition) is 3. The van der Waals surface area contributed by atoms with Crippen molar-refractivity contribution in [1.29, 1.82) is 0 Å².